The molecule has 3 aromatic carbocycles. The molecule has 258 valence electrons. The molecule has 47 heavy (non-hydrogen) atoms. The summed E-state index contributed by atoms with van der Waals surface area (Å²) >= 11 is 0. The maximum absolute atomic E-state index is 14.4. The summed E-state index contributed by atoms with van der Waals surface area (Å²) in [4.78, 5) is -1.23. The van der Waals surface area contributed by atoms with Gasteiger partial charge in [-0.3, -0.25) is 4.74 Å². The topological polar surface area (TPSA) is 98.8 Å². The smallest absolute Gasteiger partial charge is 0.398 e. The van der Waals surface area contributed by atoms with Gasteiger partial charge in [-0.2, -0.15) is 57.1 Å². The predicted octanol–water partition coefficient (Wildman–Crippen LogP) is 7.70. The number of sulfonamides is 2. The van der Waals surface area contributed by atoms with Gasteiger partial charge in [0.25, 0.3) is 20.0 Å². The highest BCUT2D eigenvalue weighted by Gasteiger charge is 2.82. The molecule has 7 nitrogen and oxygen atoms in total. The zero-order chi connectivity index (χ0) is 35.9. The molecule has 3 rings (SSSR count). The second-order valence-corrected chi connectivity index (χ2v) is 12.6. The van der Waals surface area contributed by atoms with Crippen LogP contribution < -0.4 is 4.13 Å². The van der Waals surface area contributed by atoms with Gasteiger partial charge < -0.3 is 4.74 Å². The fourth-order valence-electron chi connectivity index (χ4n) is 3.55. The lowest BCUT2D eigenvalue weighted by molar-refractivity contribution is -0.510. The molecule has 1 atom stereocenters. The summed E-state index contributed by atoms with van der Waals surface area (Å²) in [5, 5.41) is -7.36. The first-order valence-electron chi connectivity index (χ1n) is 11.8. The number of benzene rings is 3. The van der Waals surface area contributed by atoms with Crippen molar-refractivity contribution in [1.82, 2.24) is 4.13 Å². The van der Waals surface area contributed by atoms with Gasteiger partial charge in [0, 0.05) is 0 Å². The highest BCUT2D eigenvalue weighted by Crippen LogP contribution is 2.53. The molecule has 3 aromatic rings. The lowest BCUT2D eigenvalue weighted by Gasteiger charge is -2.36. The molecule has 0 aliphatic carbocycles. The summed E-state index contributed by atoms with van der Waals surface area (Å²) in [5.74, 6) is -7.67. The highest BCUT2D eigenvalue weighted by molar-refractivity contribution is 8.05. The maximum atomic E-state index is 14.4. The molecule has 0 spiro atoms. The van der Waals surface area contributed by atoms with E-state index in [-0.39, 0.29) is 9.69 Å². The third kappa shape index (κ3) is 7.33. The first kappa shape index (κ1) is 37.6. The van der Waals surface area contributed by atoms with Crippen molar-refractivity contribution in [1.29, 1.82) is 0 Å². The molecule has 0 aliphatic heterocycles. The average molecular weight is 735 g/mol. The zero-order valence-electron chi connectivity index (χ0n) is 22.2. The van der Waals surface area contributed by atoms with Crippen LogP contribution in [0.5, 0.6) is 0 Å². The van der Waals surface area contributed by atoms with Gasteiger partial charge in [0.2, 0.25) is 0 Å². The van der Waals surface area contributed by atoms with Gasteiger partial charge >= 0.3 is 41.6 Å². The van der Waals surface area contributed by atoms with Crippen LogP contribution in [0.4, 0.5) is 57.1 Å². The fraction of sp³-hybridized carbons (Fsp3) is 0.200. The number of alkyl halides is 10. The summed E-state index contributed by atoms with van der Waals surface area (Å²) in [6.45, 7) is 0. The molecular weight excluding hydrogens is 721 g/mol. The Hall–Kier alpha value is -3.89. The normalized spacial score (nSPS) is 14.7. The van der Waals surface area contributed by atoms with Crippen LogP contribution in [0.2, 0.25) is 0 Å². The molecule has 0 aliphatic rings. The van der Waals surface area contributed by atoms with E-state index >= 15 is 0 Å². The molecule has 0 saturated carbocycles. The van der Waals surface area contributed by atoms with Crippen molar-refractivity contribution in [2.45, 2.75) is 34.4 Å². The second-order valence-electron chi connectivity index (χ2n) is 8.91. The molecular formula is C25H14F13NO6S2. The number of rotatable bonds is 12. The van der Waals surface area contributed by atoms with Crippen LogP contribution in [-0.2, 0) is 29.5 Å². The summed E-state index contributed by atoms with van der Waals surface area (Å²) < 4.78 is 227. The summed E-state index contributed by atoms with van der Waals surface area (Å²) in [6, 6.07) is 14.1. The Labute approximate surface area is 255 Å². The van der Waals surface area contributed by atoms with Crippen LogP contribution in [0.25, 0.3) is 22.3 Å². The lowest BCUT2D eigenvalue weighted by atomic mass is 9.95. The van der Waals surface area contributed by atoms with Gasteiger partial charge in [-0.25, -0.2) is 16.8 Å². The van der Waals surface area contributed by atoms with Gasteiger partial charge in [0.05, 0.1) is 4.90 Å². The van der Waals surface area contributed by atoms with Crippen LogP contribution in [0, 0.1) is 0 Å². The Morgan fingerprint density at radius 2 is 1.04 bits per heavy atom. The van der Waals surface area contributed by atoms with Gasteiger partial charge in [-0.05, 0) is 34.4 Å². The second kappa shape index (κ2) is 12.6. The van der Waals surface area contributed by atoms with Crippen molar-refractivity contribution < 1.29 is 83.4 Å². The summed E-state index contributed by atoms with van der Waals surface area (Å²) in [7, 11) is -13.5. The number of halogens is 13. The first-order valence-corrected chi connectivity index (χ1v) is 14.8. The van der Waals surface area contributed by atoms with Crippen molar-refractivity contribution in [3.8, 4) is 22.3 Å². The van der Waals surface area contributed by atoms with Crippen LogP contribution in [0.3, 0.4) is 0 Å². The van der Waals surface area contributed by atoms with Gasteiger partial charge in [0.15, 0.2) is 0 Å². The molecule has 0 saturated heterocycles. The van der Waals surface area contributed by atoms with Gasteiger partial charge in [0.1, 0.15) is 0 Å². The Kier molecular flexibility index (Phi) is 10.1. The molecule has 0 aromatic heterocycles. The zero-order valence-corrected chi connectivity index (χ0v) is 23.8. The van der Waals surface area contributed by atoms with Crippen molar-refractivity contribution in [2.75, 3.05) is 0 Å². The van der Waals surface area contributed by atoms with E-state index in [9.17, 15) is 73.9 Å². The van der Waals surface area contributed by atoms with E-state index in [1.165, 1.54) is 0 Å². The summed E-state index contributed by atoms with van der Waals surface area (Å²) in [5.41, 5.74) is 1.97. The van der Waals surface area contributed by atoms with E-state index in [4.69, 9.17) is 0 Å². The van der Waals surface area contributed by atoms with E-state index in [0.29, 0.717) is 28.8 Å². The van der Waals surface area contributed by atoms with E-state index in [1.807, 2.05) is 9.47 Å². The van der Waals surface area contributed by atoms with Crippen LogP contribution in [-0.4, -0.2) is 46.3 Å². The van der Waals surface area contributed by atoms with Crippen molar-refractivity contribution in [2.24, 2.45) is 0 Å². The monoisotopic (exact) mass is 735 g/mol. The largest absolute Gasteiger partial charge is 0.471 e. The Morgan fingerprint density at radius 3 is 1.49 bits per heavy atom. The Balaban J connectivity index is 1.95. The van der Waals surface area contributed by atoms with Gasteiger partial charge in [-0.1, -0.05) is 70.9 Å². The number of ether oxygens (including phenoxy) is 2. The highest BCUT2D eigenvalue weighted by atomic mass is 32.3. The number of nitrogens with one attached hydrogen (secondary N) is 1. The average Bonchev–Trinajstić information content (AvgIpc) is 2.96. The minimum atomic E-state index is -7.67. The standard InChI is InChI=1S/C25H14F13NO6S2/c26-19(27)20(28)44-23(33,34)21(29,22(30,31)32)45-24(35,36)25(37,38)47(42,43)39-46(40,41)16-12-10-15(11-13-16)18-9-5-4-8-17(18)14-6-2-1-3-7-14/h1-13,39H. The van der Waals surface area contributed by atoms with E-state index in [1.54, 1.807) is 54.6 Å². The maximum Gasteiger partial charge on any atom is 0.471 e. The van der Waals surface area contributed by atoms with E-state index in [2.05, 4.69) is 0 Å². The molecule has 1 unspecified atom stereocenters. The minimum absolute atomic E-state index is 0.0475. The van der Waals surface area contributed by atoms with Crippen LogP contribution in [0.1, 0.15) is 0 Å². The first-order chi connectivity index (χ1) is 21.3. The summed E-state index contributed by atoms with van der Waals surface area (Å²) in [6.07, 6.45) is -26.6. The third-order valence-corrected chi connectivity index (χ3v) is 9.32. The van der Waals surface area contributed by atoms with E-state index in [0.717, 1.165) is 12.1 Å². The minimum Gasteiger partial charge on any atom is -0.398 e. The Morgan fingerprint density at radius 1 is 0.596 bits per heavy atom. The van der Waals surface area contributed by atoms with Crippen molar-refractivity contribution in [3.05, 3.63) is 91.0 Å². The molecule has 1 N–H and O–H groups in total. The number of hydrogen-bond acceptors (Lipinski definition) is 6. The molecule has 0 radical (unpaired) electrons. The molecule has 0 heterocycles. The molecule has 0 amide bonds. The lowest BCUT2D eigenvalue weighted by Crippen LogP contribution is -2.65. The third-order valence-electron chi connectivity index (χ3n) is 5.76. The Bertz CT molecular complexity index is 1850. The molecule has 0 fully saturated rings. The van der Waals surface area contributed by atoms with Crippen molar-refractivity contribution >= 4 is 20.0 Å². The van der Waals surface area contributed by atoms with Crippen LogP contribution in [0.15, 0.2) is 95.9 Å². The SMILES string of the molecule is O=S(=O)(NS(=O)(=O)C(F)(F)C(F)(F)OC(F)(C(F)(F)F)C(F)(F)OC(F)=C(F)F)c1ccc(-c2ccccc2-c2ccccc2)cc1. The van der Waals surface area contributed by atoms with Crippen LogP contribution >= 0.6 is 0 Å². The molecule has 22 heteroatoms. The fourth-order valence-corrected chi connectivity index (χ4v) is 6.36. The quantitative estimate of drug-likeness (QED) is 0.151. The predicted molar refractivity (Wildman–Crippen MR) is 134 cm³/mol. The van der Waals surface area contributed by atoms with Crippen molar-refractivity contribution in [3.63, 3.8) is 0 Å². The molecule has 0 bridgehead atoms. The van der Waals surface area contributed by atoms with Gasteiger partial charge in [-0.15, -0.1) is 0 Å². The number of hydrogen-bond donors (Lipinski definition) is 1. The van der Waals surface area contributed by atoms with E-state index < -0.39 is 66.5 Å².